The van der Waals surface area contributed by atoms with Gasteiger partial charge in [-0.1, -0.05) is 25.5 Å². The van der Waals surface area contributed by atoms with Gasteiger partial charge in [-0.05, 0) is 67.9 Å². The number of carboxylic acid groups (broad SMARTS) is 1. The molecule has 10 nitrogen and oxygen atoms in total. The van der Waals surface area contributed by atoms with Gasteiger partial charge in [0.2, 0.25) is 12.3 Å². The Morgan fingerprint density at radius 3 is 2.68 bits per heavy atom. The van der Waals surface area contributed by atoms with Gasteiger partial charge in [-0.2, -0.15) is 17.0 Å². The van der Waals surface area contributed by atoms with Crippen LogP contribution < -0.4 is 5.32 Å². The van der Waals surface area contributed by atoms with Crippen LogP contribution in [0.1, 0.15) is 55.8 Å². The zero-order valence-electron chi connectivity index (χ0n) is 24.1. The van der Waals surface area contributed by atoms with Crippen LogP contribution in [0.25, 0.3) is 0 Å². The summed E-state index contributed by atoms with van der Waals surface area (Å²) in [5.41, 5.74) is 2.70. The number of nitriles is 1. The molecule has 2 aromatic rings. The standard InChI is InChI=1S/C24H31N5O.C6H11NO3S/c1-2-19-9-11-27(15-19)17-22-4-3-10-29(22)24(30)12-23-14-26-18-28(23)16-21-7-5-20(13-25)6-8-21;1-11-3-2-5(6(9)10)7-4-8/h5-8,14,18-19,22H,2-4,9-12,15-17H2,1H3;4-5H,2-3H2,1H3,(H,7,8)(H,9,10)/t19-,22?;5-/m00/s1. The van der Waals surface area contributed by atoms with Crippen molar-refractivity contribution < 1.29 is 19.5 Å². The number of carbonyl (C=O) groups excluding carboxylic acids is 2. The molecule has 0 saturated carbocycles. The SMILES string of the molecule is CC[C@H]1CCN(CC2CCCN2C(=O)Cc2cncn2Cc2ccc(C#N)cc2)C1.CSCC[C@H](NC=O)C(=O)O. The van der Waals surface area contributed by atoms with Gasteiger partial charge in [0.1, 0.15) is 6.04 Å². The lowest BCUT2D eigenvalue weighted by molar-refractivity contribution is -0.140. The summed E-state index contributed by atoms with van der Waals surface area (Å²) in [5, 5.41) is 19.7. The van der Waals surface area contributed by atoms with Gasteiger partial charge in [-0.3, -0.25) is 9.59 Å². The van der Waals surface area contributed by atoms with Crippen molar-refractivity contribution in [1.82, 2.24) is 24.7 Å². The van der Waals surface area contributed by atoms with Crippen LogP contribution in [0.2, 0.25) is 0 Å². The van der Waals surface area contributed by atoms with E-state index in [1.807, 2.05) is 35.1 Å². The van der Waals surface area contributed by atoms with Crippen molar-refractivity contribution in [2.75, 3.05) is 38.2 Å². The summed E-state index contributed by atoms with van der Waals surface area (Å²) in [4.78, 5) is 42.3. The average Bonchev–Trinajstić information content (AvgIpc) is 3.74. The van der Waals surface area contributed by atoms with Crippen LogP contribution in [0.5, 0.6) is 0 Å². The lowest BCUT2D eigenvalue weighted by atomic mass is 10.1. The molecule has 2 aliphatic heterocycles. The third-order valence-corrected chi connectivity index (χ3v) is 8.50. The number of rotatable bonds is 13. The number of hydrogen-bond donors (Lipinski definition) is 2. The molecule has 2 aliphatic rings. The van der Waals surface area contributed by atoms with Gasteiger partial charge >= 0.3 is 5.97 Å². The van der Waals surface area contributed by atoms with Gasteiger partial charge in [-0.25, -0.2) is 9.78 Å². The van der Waals surface area contributed by atoms with Crippen molar-refractivity contribution in [2.45, 2.75) is 64.1 Å². The minimum absolute atomic E-state index is 0.213. The Morgan fingerprint density at radius 1 is 1.27 bits per heavy atom. The molecule has 2 fully saturated rings. The van der Waals surface area contributed by atoms with Crippen LogP contribution in [0, 0.1) is 17.2 Å². The zero-order chi connectivity index (χ0) is 29.6. The molecule has 11 heteroatoms. The van der Waals surface area contributed by atoms with Crippen molar-refractivity contribution >= 4 is 30.0 Å². The first-order valence-electron chi connectivity index (χ1n) is 14.3. The maximum absolute atomic E-state index is 13.1. The number of imidazole rings is 1. The zero-order valence-corrected chi connectivity index (χ0v) is 24.9. The highest BCUT2D eigenvalue weighted by Crippen LogP contribution is 2.24. The van der Waals surface area contributed by atoms with Crippen LogP contribution in [0.3, 0.4) is 0 Å². The number of aliphatic carboxylic acids is 1. The van der Waals surface area contributed by atoms with Crippen molar-refractivity contribution in [2.24, 2.45) is 5.92 Å². The predicted octanol–water partition coefficient (Wildman–Crippen LogP) is 3.01. The van der Waals surface area contributed by atoms with Crippen molar-refractivity contribution in [3.63, 3.8) is 0 Å². The van der Waals surface area contributed by atoms with Gasteiger partial charge in [0.05, 0.1) is 24.4 Å². The third-order valence-electron chi connectivity index (χ3n) is 7.86. The molecule has 1 aromatic carbocycles. The van der Waals surface area contributed by atoms with Crippen LogP contribution >= 0.6 is 11.8 Å². The van der Waals surface area contributed by atoms with E-state index in [-0.39, 0.29) is 5.91 Å². The van der Waals surface area contributed by atoms with E-state index in [4.69, 9.17) is 10.4 Å². The minimum atomic E-state index is -0.980. The van der Waals surface area contributed by atoms with Crippen LogP contribution in [-0.4, -0.2) is 93.0 Å². The van der Waals surface area contributed by atoms with Gasteiger partial charge in [0.15, 0.2) is 0 Å². The molecule has 2 N–H and O–H groups in total. The molecule has 0 spiro atoms. The number of amides is 2. The van der Waals surface area contributed by atoms with Crippen LogP contribution in [0.15, 0.2) is 36.8 Å². The smallest absolute Gasteiger partial charge is 0.326 e. The van der Waals surface area contributed by atoms with Crippen LogP contribution in [0.4, 0.5) is 0 Å². The Morgan fingerprint density at radius 2 is 2.05 bits per heavy atom. The number of aromatic nitrogens is 2. The Hall–Kier alpha value is -3.36. The quantitative estimate of drug-likeness (QED) is 0.345. The summed E-state index contributed by atoms with van der Waals surface area (Å²) in [7, 11) is 0. The number of carbonyl (C=O) groups is 3. The monoisotopic (exact) mass is 582 g/mol. The lowest BCUT2D eigenvalue weighted by Gasteiger charge is -2.29. The van der Waals surface area contributed by atoms with E-state index in [0.29, 0.717) is 37.4 Å². The fraction of sp³-hybridized carbons (Fsp3) is 0.567. The molecule has 41 heavy (non-hydrogen) atoms. The maximum Gasteiger partial charge on any atom is 0.326 e. The first-order chi connectivity index (χ1) is 19.9. The molecule has 0 bridgehead atoms. The second-order valence-corrected chi connectivity index (χ2v) is 11.6. The number of likely N-dealkylation sites (tertiary alicyclic amines) is 2. The van der Waals surface area contributed by atoms with E-state index < -0.39 is 12.0 Å². The maximum atomic E-state index is 13.1. The molecule has 1 aromatic heterocycles. The molecule has 2 saturated heterocycles. The molecule has 2 amide bonds. The number of benzene rings is 1. The second-order valence-electron chi connectivity index (χ2n) is 10.7. The highest BCUT2D eigenvalue weighted by atomic mass is 32.2. The van der Waals surface area contributed by atoms with Gasteiger partial charge in [-0.15, -0.1) is 0 Å². The Labute approximate surface area is 247 Å². The predicted molar refractivity (Wildman–Crippen MR) is 159 cm³/mol. The molecule has 222 valence electrons. The fourth-order valence-corrected chi connectivity index (χ4v) is 5.91. The highest BCUT2D eigenvalue weighted by molar-refractivity contribution is 7.98. The number of hydrogen-bond acceptors (Lipinski definition) is 7. The van der Waals surface area contributed by atoms with Crippen molar-refractivity contribution in [3.05, 3.63) is 53.6 Å². The second kappa shape index (κ2) is 16.8. The molecule has 4 rings (SSSR count). The van der Waals surface area contributed by atoms with E-state index in [0.717, 1.165) is 48.9 Å². The van der Waals surface area contributed by atoms with Crippen molar-refractivity contribution in [3.8, 4) is 6.07 Å². The third kappa shape index (κ3) is 9.90. The van der Waals surface area contributed by atoms with Crippen LogP contribution in [-0.2, 0) is 27.3 Å². The Bertz CT molecular complexity index is 1160. The number of nitrogens with one attached hydrogen (secondary N) is 1. The molecule has 0 radical (unpaired) electrons. The molecule has 3 heterocycles. The van der Waals surface area contributed by atoms with Gasteiger partial charge in [0.25, 0.3) is 0 Å². The molecule has 3 atom stereocenters. The van der Waals surface area contributed by atoms with E-state index in [2.05, 4.69) is 33.1 Å². The number of nitrogens with zero attached hydrogens (tertiary/aromatic N) is 5. The summed E-state index contributed by atoms with van der Waals surface area (Å²) < 4.78 is 2.04. The molecular formula is C30H42N6O4S. The van der Waals surface area contributed by atoms with E-state index >= 15 is 0 Å². The molecular weight excluding hydrogens is 540 g/mol. The number of thioether (sulfide) groups is 1. The first kappa shape index (κ1) is 32.2. The molecule has 1 unspecified atom stereocenters. The summed E-state index contributed by atoms with van der Waals surface area (Å²) >= 11 is 1.55. The summed E-state index contributed by atoms with van der Waals surface area (Å²) in [6.45, 7) is 7.19. The highest BCUT2D eigenvalue weighted by Gasteiger charge is 2.32. The summed E-state index contributed by atoms with van der Waals surface area (Å²) in [5.74, 6) is 0.793. The lowest BCUT2D eigenvalue weighted by Crippen LogP contribution is -2.43. The fourth-order valence-electron chi connectivity index (χ4n) is 5.44. The summed E-state index contributed by atoms with van der Waals surface area (Å²) in [6, 6.07) is 9.33. The van der Waals surface area contributed by atoms with Crippen molar-refractivity contribution in [1.29, 1.82) is 5.26 Å². The molecule has 0 aliphatic carbocycles. The first-order valence-corrected chi connectivity index (χ1v) is 15.7. The van der Waals surface area contributed by atoms with E-state index in [1.54, 1.807) is 24.3 Å². The Kier molecular flexibility index (Phi) is 13.2. The number of carboxylic acids is 1. The van der Waals surface area contributed by atoms with Gasteiger partial charge in [0, 0.05) is 44.1 Å². The van der Waals surface area contributed by atoms with E-state index in [9.17, 15) is 14.4 Å². The average molecular weight is 583 g/mol. The normalized spacial score (nSPS) is 19.2. The Balaban J connectivity index is 0.000000358. The summed E-state index contributed by atoms with van der Waals surface area (Å²) in [6.07, 6.45) is 11.5. The van der Waals surface area contributed by atoms with Gasteiger partial charge < -0.3 is 24.8 Å². The minimum Gasteiger partial charge on any atom is -0.480 e. The largest absolute Gasteiger partial charge is 0.480 e. The van der Waals surface area contributed by atoms with E-state index in [1.165, 1.54) is 25.9 Å². The topological polar surface area (TPSA) is 132 Å².